The summed E-state index contributed by atoms with van der Waals surface area (Å²) >= 11 is 0. The van der Waals surface area contributed by atoms with Gasteiger partial charge in [-0.25, -0.2) is 0 Å². The normalized spacial score (nSPS) is 11.7. The summed E-state index contributed by atoms with van der Waals surface area (Å²) in [6.07, 6.45) is 0.841. The molecule has 0 spiro atoms. The summed E-state index contributed by atoms with van der Waals surface area (Å²) < 4.78 is 1.79. The lowest BCUT2D eigenvalue weighted by Gasteiger charge is -2.31. The minimum atomic E-state index is -0.0731. The summed E-state index contributed by atoms with van der Waals surface area (Å²) in [4.78, 5) is 14.6. The van der Waals surface area contributed by atoms with Crippen molar-refractivity contribution in [2.24, 2.45) is 11.1 Å². The van der Waals surface area contributed by atoms with Crippen LogP contribution in [-0.4, -0.2) is 40.2 Å². The van der Waals surface area contributed by atoms with E-state index in [9.17, 15) is 4.79 Å². The highest BCUT2D eigenvalue weighted by Crippen LogP contribution is 2.17. The predicted octanol–water partition coefficient (Wildman–Crippen LogP) is 1.91. The summed E-state index contributed by atoms with van der Waals surface area (Å²) in [5, 5.41) is 4.45. The molecule has 0 aliphatic heterocycles. The summed E-state index contributed by atoms with van der Waals surface area (Å²) in [7, 11) is 0. The Labute approximate surface area is 122 Å². The van der Waals surface area contributed by atoms with Gasteiger partial charge in [-0.3, -0.25) is 9.48 Å². The number of carbonyl (C=O) groups excluding carboxylic acids is 1. The predicted molar refractivity (Wildman–Crippen MR) is 81.7 cm³/mol. The van der Waals surface area contributed by atoms with Crippen molar-refractivity contribution >= 4 is 5.91 Å². The van der Waals surface area contributed by atoms with E-state index < -0.39 is 0 Å². The van der Waals surface area contributed by atoms with E-state index in [1.54, 1.807) is 4.68 Å². The van der Waals surface area contributed by atoms with Gasteiger partial charge in [-0.2, -0.15) is 5.10 Å². The van der Waals surface area contributed by atoms with Gasteiger partial charge in [0.05, 0.1) is 5.69 Å². The fourth-order valence-corrected chi connectivity index (χ4v) is 2.13. The van der Waals surface area contributed by atoms with Crippen LogP contribution in [-0.2, 0) is 13.0 Å². The average molecular weight is 280 g/mol. The number of hydrogen-bond donors (Lipinski definition) is 1. The second-order valence-electron chi connectivity index (χ2n) is 5.88. The van der Waals surface area contributed by atoms with E-state index in [1.165, 1.54) is 0 Å². The largest absolute Gasteiger partial charge is 0.337 e. The van der Waals surface area contributed by atoms with Gasteiger partial charge in [0.15, 0.2) is 0 Å². The average Bonchev–Trinajstić information content (AvgIpc) is 2.87. The van der Waals surface area contributed by atoms with Gasteiger partial charge in [0.1, 0.15) is 5.69 Å². The molecule has 1 aromatic rings. The number of aryl methyl sites for hydroxylation is 2. The Morgan fingerprint density at radius 2 is 2.05 bits per heavy atom. The van der Waals surface area contributed by atoms with Crippen molar-refractivity contribution < 1.29 is 4.79 Å². The topological polar surface area (TPSA) is 64.2 Å². The minimum absolute atomic E-state index is 0.0445. The highest BCUT2D eigenvalue weighted by Gasteiger charge is 2.25. The van der Waals surface area contributed by atoms with E-state index in [1.807, 2.05) is 31.7 Å². The third-order valence-corrected chi connectivity index (χ3v) is 3.55. The van der Waals surface area contributed by atoms with E-state index in [2.05, 4.69) is 18.9 Å². The van der Waals surface area contributed by atoms with Crippen LogP contribution in [0.5, 0.6) is 0 Å². The number of aromatic nitrogens is 2. The second-order valence-corrected chi connectivity index (χ2v) is 5.88. The smallest absolute Gasteiger partial charge is 0.272 e. The van der Waals surface area contributed by atoms with Crippen molar-refractivity contribution in [1.29, 1.82) is 0 Å². The number of nitrogens with zero attached hydrogens (tertiary/aromatic N) is 3. The first-order valence-corrected chi connectivity index (χ1v) is 7.44. The molecule has 0 aliphatic carbocycles. The van der Waals surface area contributed by atoms with Gasteiger partial charge in [0.2, 0.25) is 0 Å². The molecule has 0 saturated heterocycles. The molecule has 1 aromatic heterocycles. The molecule has 1 heterocycles. The molecule has 0 radical (unpaired) electrons. The van der Waals surface area contributed by atoms with Crippen molar-refractivity contribution in [1.82, 2.24) is 14.7 Å². The van der Waals surface area contributed by atoms with Crippen LogP contribution in [0.3, 0.4) is 0 Å². The summed E-state index contributed by atoms with van der Waals surface area (Å²) in [5.41, 5.74) is 7.34. The molecule has 0 aliphatic rings. The summed E-state index contributed by atoms with van der Waals surface area (Å²) in [5.74, 6) is 0.0445. The Kier molecular flexibility index (Phi) is 5.74. The van der Waals surface area contributed by atoms with Crippen LogP contribution >= 0.6 is 0 Å². The maximum Gasteiger partial charge on any atom is 0.272 e. The van der Waals surface area contributed by atoms with Crippen LogP contribution in [0, 0.1) is 5.41 Å². The Morgan fingerprint density at radius 3 is 2.50 bits per heavy atom. The zero-order chi connectivity index (χ0) is 15.3. The molecule has 20 heavy (non-hydrogen) atoms. The zero-order valence-corrected chi connectivity index (χ0v) is 13.4. The second kappa shape index (κ2) is 6.88. The molecule has 114 valence electrons. The van der Waals surface area contributed by atoms with E-state index >= 15 is 0 Å². The zero-order valence-electron chi connectivity index (χ0n) is 13.4. The van der Waals surface area contributed by atoms with Crippen LogP contribution in [0.25, 0.3) is 0 Å². The summed E-state index contributed by atoms with van der Waals surface area (Å²) in [6, 6.07) is 1.91. The highest BCUT2D eigenvalue weighted by atomic mass is 16.2. The first-order chi connectivity index (χ1) is 9.38. The first kappa shape index (κ1) is 16.7. The SMILES string of the molecule is CCc1cc(C(=O)N(CC)CC(C)(C)CN)n(CC)n1. The molecular formula is C15H28N4O. The van der Waals surface area contributed by atoms with E-state index in [4.69, 9.17) is 5.73 Å². The molecule has 0 atom stereocenters. The van der Waals surface area contributed by atoms with Crippen LogP contribution < -0.4 is 5.73 Å². The van der Waals surface area contributed by atoms with Gasteiger partial charge >= 0.3 is 0 Å². The number of hydrogen-bond acceptors (Lipinski definition) is 3. The molecule has 1 amide bonds. The van der Waals surface area contributed by atoms with Crippen LogP contribution in [0.4, 0.5) is 0 Å². The number of rotatable bonds is 7. The third kappa shape index (κ3) is 3.82. The molecule has 0 fully saturated rings. The summed E-state index contributed by atoms with van der Waals surface area (Å²) in [6.45, 7) is 12.8. The number of nitrogens with two attached hydrogens (primary N) is 1. The van der Waals surface area contributed by atoms with Crippen molar-refractivity contribution in [3.05, 3.63) is 17.5 Å². The lowest BCUT2D eigenvalue weighted by Crippen LogP contribution is -2.42. The Balaban J connectivity index is 2.99. The van der Waals surface area contributed by atoms with E-state index in [-0.39, 0.29) is 11.3 Å². The van der Waals surface area contributed by atoms with Gasteiger partial charge in [-0.15, -0.1) is 0 Å². The van der Waals surface area contributed by atoms with Crippen molar-refractivity contribution in [2.75, 3.05) is 19.6 Å². The Hall–Kier alpha value is -1.36. The van der Waals surface area contributed by atoms with Gasteiger partial charge in [0, 0.05) is 19.6 Å². The van der Waals surface area contributed by atoms with Gasteiger partial charge in [-0.1, -0.05) is 20.8 Å². The quantitative estimate of drug-likeness (QED) is 0.830. The van der Waals surface area contributed by atoms with Gasteiger partial charge in [0.25, 0.3) is 5.91 Å². The van der Waals surface area contributed by atoms with E-state index in [0.717, 1.165) is 12.1 Å². The Bertz CT molecular complexity index is 451. The molecule has 5 heteroatoms. The highest BCUT2D eigenvalue weighted by molar-refractivity contribution is 5.92. The molecule has 5 nitrogen and oxygen atoms in total. The number of amides is 1. The van der Waals surface area contributed by atoms with Crippen LogP contribution in [0.15, 0.2) is 6.07 Å². The fraction of sp³-hybridized carbons (Fsp3) is 0.733. The van der Waals surface area contributed by atoms with Crippen molar-refractivity contribution in [3.8, 4) is 0 Å². The van der Waals surface area contributed by atoms with Crippen LogP contribution in [0.2, 0.25) is 0 Å². The molecule has 1 rings (SSSR count). The lowest BCUT2D eigenvalue weighted by molar-refractivity contribution is 0.0688. The third-order valence-electron chi connectivity index (χ3n) is 3.55. The minimum Gasteiger partial charge on any atom is -0.337 e. The molecule has 0 saturated carbocycles. The number of carbonyl (C=O) groups is 1. The molecule has 0 aromatic carbocycles. The lowest BCUT2D eigenvalue weighted by atomic mass is 9.93. The molecular weight excluding hydrogens is 252 g/mol. The van der Waals surface area contributed by atoms with E-state index in [0.29, 0.717) is 31.9 Å². The molecule has 2 N–H and O–H groups in total. The first-order valence-electron chi connectivity index (χ1n) is 7.44. The maximum atomic E-state index is 12.7. The van der Waals surface area contributed by atoms with Crippen molar-refractivity contribution in [3.63, 3.8) is 0 Å². The standard InChI is InChI=1S/C15H28N4O/c1-6-12-9-13(19(8-3)17-12)14(20)18(7-2)11-15(4,5)10-16/h9H,6-8,10-11,16H2,1-5H3. The van der Waals surface area contributed by atoms with Gasteiger partial charge in [-0.05, 0) is 38.3 Å². The van der Waals surface area contributed by atoms with Crippen LogP contribution in [0.1, 0.15) is 50.8 Å². The maximum absolute atomic E-state index is 12.7. The van der Waals surface area contributed by atoms with Gasteiger partial charge < -0.3 is 10.6 Å². The monoisotopic (exact) mass is 280 g/mol. The fourth-order valence-electron chi connectivity index (χ4n) is 2.13. The Morgan fingerprint density at radius 1 is 1.40 bits per heavy atom. The molecule has 0 unspecified atom stereocenters. The molecule has 0 bridgehead atoms. The van der Waals surface area contributed by atoms with Crippen molar-refractivity contribution in [2.45, 2.75) is 47.6 Å².